The minimum atomic E-state index is -0.117. The summed E-state index contributed by atoms with van der Waals surface area (Å²) in [6, 6.07) is 10.0. The molecule has 0 radical (unpaired) electrons. The Morgan fingerprint density at radius 2 is 2.06 bits per heavy atom. The highest BCUT2D eigenvalue weighted by Crippen LogP contribution is 2.38. The largest absolute Gasteiger partial charge is 0.497 e. The monoisotopic (exact) mass is 330 g/mol. The van der Waals surface area contributed by atoms with Crippen LogP contribution >= 0.6 is 38.9 Å². The van der Waals surface area contributed by atoms with Gasteiger partial charge in [0.25, 0.3) is 0 Å². The Labute approximate surface area is 119 Å². The highest BCUT2D eigenvalue weighted by Gasteiger charge is 2.16. The predicted octanol–water partition coefficient (Wildman–Crippen LogP) is 5.16. The second-order valence-electron chi connectivity index (χ2n) is 3.70. The van der Waals surface area contributed by atoms with Gasteiger partial charge in [-0.25, -0.2) is 0 Å². The van der Waals surface area contributed by atoms with Crippen molar-refractivity contribution in [3.63, 3.8) is 0 Å². The number of alkyl halides is 1. The Hall–Kier alpha value is -0.510. The third kappa shape index (κ3) is 2.84. The van der Waals surface area contributed by atoms with E-state index in [2.05, 4.69) is 35.0 Å². The molecule has 90 valence electrons. The second-order valence-corrected chi connectivity index (χ2v) is 6.31. The first kappa shape index (κ1) is 12.9. The van der Waals surface area contributed by atoms with Gasteiger partial charge in [0.1, 0.15) is 5.75 Å². The zero-order valence-corrected chi connectivity index (χ0v) is 12.7. The van der Waals surface area contributed by atoms with E-state index in [4.69, 9.17) is 16.3 Å². The molecule has 0 aliphatic heterocycles. The normalized spacial score (nSPS) is 12.5. The zero-order valence-electron chi connectivity index (χ0n) is 9.54. The fourth-order valence-electron chi connectivity index (χ4n) is 1.58. The first-order chi connectivity index (χ1) is 8.11. The van der Waals surface area contributed by atoms with Crippen LogP contribution < -0.4 is 4.74 Å². The maximum atomic E-state index is 6.49. The van der Waals surface area contributed by atoms with Crippen molar-refractivity contribution in [2.45, 2.75) is 12.3 Å². The van der Waals surface area contributed by atoms with Gasteiger partial charge in [-0.15, -0.1) is 22.9 Å². The summed E-state index contributed by atoms with van der Waals surface area (Å²) in [6.45, 7) is 2.08. The lowest BCUT2D eigenvalue weighted by Crippen LogP contribution is -1.92. The minimum absolute atomic E-state index is 0.117. The van der Waals surface area contributed by atoms with Gasteiger partial charge >= 0.3 is 0 Å². The Morgan fingerprint density at radius 1 is 1.29 bits per heavy atom. The van der Waals surface area contributed by atoms with Crippen LogP contribution in [-0.2, 0) is 0 Å². The average Bonchev–Trinajstić information content (AvgIpc) is 2.75. The Kier molecular flexibility index (Phi) is 4.13. The van der Waals surface area contributed by atoms with Crippen LogP contribution in [0.15, 0.2) is 34.8 Å². The molecular formula is C13H12BrClOS. The van der Waals surface area contributed by atoms with E-state index in [0.29, 0.717) is 0 Å². The number of thiophene rings is 1. The number of halogens is 2. The van der Waals surface area contributed by atoms with Gasteiger partial charge in [-0.05, 0) is 36.8 Å². The van der Waals surface area contributed by atoms with E-state index in [0.717, 1.165) is 20.7 Å². The number of aryl methyl sites for hydroxylation is 1. The lowest BCUT2D eigenvalue weighted by Gasteiger charge is -2.11. The van der Waals surface area contributed by atoms with E-state index in [1.165, 1.54) is 4.88 Å². The Bertz CT molecular complexity index is 524. The van der Waals surface area contributed by atoms with Crippen molar-refractivity contribution in [3.8, 4) is 5.75 Å². The number of benzene rings is 1. The predicted molar refractivity (Wildman–Crippen MR) is 77.4 cm³/mol. The van der Waals surface area contributed by atoms with Crippen LogP contribution in [0.5, 0.6) is 5.75 Å². The highest BCUT2D eigenvalue weighted by molar-refractivity contribution is 9.10. The van der Waals surface area contributed by atoms with Crippen molar-refractivity contribution in [3.05, 3.63) is 50.1 Å². The maximum absolute atomic E-state index is 6.49. The molecule has 0 bridgehead atoms. The molecule has 1 nitrogen and oxygen atoms in total. The molecular weight excluding hydrogens is 320 g/mol. The molecule has 0 fully saturated rings. The average molecular weight is 332 g/mol. The summed E-state index contributed by atoms with van der Waals surface area (Å²) in [7, 11) is 1.66. The van der Waals surface area contributed by atoms with Crippen LogP contribution in [0, 0.1) is 6.92 Å². The molecule has 1 aromatic heterocycles. The number of rotatable bonds is 3. The number of hydrogen-bond donors (Lipinski definition) is 0. The molecule has 0 aliphatic carbocycles. The topological polar surface area (TPSA) is 9.23 Å². The molecule has 0 saturated heterocycles. The molecule has 17 heavy (non-hydrogen) atoms. The Morgan fingerprint density at radius 3 is 2.59 bits per heavy atom. The van der Waals surface area contributed by atoms with E-state index in [-0.39, 0.29) is 5.38 Å². The van der Waals surface area contributed by atoms with Gasteiger partial charge in [0.15, 0.2) is 0 Å². The third-order valence-corrected chi connectivity index (χ3v) is 4.84. The molecule has 1 atom stereocenters. The van der Waals surface area contributed by atoms with Crippen LogP contribution in [0.2, 0.25) is 0 Å². The van der Waals surface area contributed by atoms with Crippen molar-refractivity contribution in [2.75, 3.05) is 7.11 Å². The van der Waals surface area contributed by atoms with Gasteiger partial charge in [0.05, 0.1) is 12.5 Å². The first-order valence-electron chi connectivity index (χ1n) is 5.15. The molecule has 0 aliphatic rings. The summed E-state index contributed by atoms with van der Waals surface area (Å²) < 4.78 is 6.14. The number of ether oxygens (including phenoxy) is 1. The fraction of sp³-hybridized carbons (Fsp3) is 0.231. The van der Waals surface area contributed by atoms with E-state index >= 15 is 0 Å². The Balaban J connectivity index is 2.34. The van der Waals surface area contributed by atoms with E-state index in [1.54, 1.807) is 18.4 Å². The molecule has 0 amide bonds. The van der Waals surface area contributed by atoms with Gasteiger partial charge in [0.2, 0.25) is 0 Å². The highest BCUT2D eigenvalue weighted by atomic mass is 79.9. The molecule has 1 unspecified atom stereocenters. The van der Waals surface area contributed by atoms with Gasteiger partial charge < -0.3 is 4.74 Å². The van der Waals surface area contributed by atoms with Crippen molar-refractivity contribution in [1.82, 2.24) is 0 Å². The molecule has 2 rings (SSSR count). The maximum Gasteiger partial charge on any atom is 0.120 e. The summed E-state index contributed by atoms with van der Waals surface area (Å²) >= 11 is 11.7. The summed E-state index contributed by atoms with van der Waals surface area (Å²) in [5, 5.41) is -0.117. The summed E-state index contributed by atoms with van der Waals surface area (Å²) in [6.07, 6.45) is 0. The summed E-state index contributed by atoms with van der Waals surface area (Å²) in [5.74, 6) is 0.826. The van der Waals surface area contributed by atoms with Crippen molar-refractivity contribution in [1.29, 1.82) is 0 Å². The van der Waals surface area contributed by atoms with E-state index in [1.807, 2.05) is 18.2 Å². The van der Waals surface area contributed by atoms with Gasteiger partial charge in [-0.1, -0.05) is 22.0 Å². The molecule has 1 aromatic carbocycles. The molecule has 2 aromatic rings. The van der Waals surface area contributed by atoms with Crippen LogP contribution in [0.25, 0.3) is 0 Å². The molecule has 4 heteroatoms. The quantitative estimate of drug-likeness (QED) is 0.706. The fourth-order valence-corrected chi connectivity index (χ4v) is 3.57. The summed E-state index contributed by atoms with van der Waals surface area (Å²) in [5.41, 5.74) is 1.06. The number of methoxy groups -OCH3 is 1. The van der Waals surface area contributed by atoms with Crippen LogP contribution in [0.1, 0.15) is 20.7 Å². The van der Waals surface area contributed by atoms with Crippen molar-refractivity contribution in [2.24, 2.45) is 0 Å². The van der Waals surface area contributed by atoms with E-state index in [9.17, 15) is 0 Å². The molecule has 0 saturated carbocycles. The lowest BCUT2D eigenvalue weighted by atomic mass is 10.1. The summed E-state index contributed by atoms with van der Waals surface area (Å²) in [4.78, 5) is 2.44. The smallest absolute Gasteiger partial charge is 0.120 e. The van der Waals surface area contributed by atoms with Gasteiger partial charge in [-0.2, -0.15) is 0 Å². The second kappa shape index (κ2) is 5.42. The van der Waals surface area contributed by atoms with Crippen molar-refractivity contribution < 1.29 is 4.74 Å². The third-order valence-electron chi connectivity index (χ3n) is 2.49. The lowest BCUT2D eigenvalue weighted by molar-refractivity contribution is 0.414. The van der Waals surface area contributed by atoms with Crippen LogP contribution in [0.3, 0.4) is 0 Å². The van der Waals surface area contributed by atoms with Gasteiger partial charge in [-0.3, -0.25) is 0 Å². The minimum Gasteiger partial charge on any atom is -0.497 e. The first-order valence-corrected chi connectivity index (χ1v) is 7.20. The number of hydrogen-bond acceptors (Lipinski definition) is 2. The SMILES string of the molecule is COc1ccc(C(Cl)c2ccc(C)s2)c(Br)c1. The molecule has 0 spiro atoms. The van der Waals surface area contributed by atoms with E-state index < -0.39 is 0 Å². The molecule has 1 heterocycles. The van der Waals surface area contributed by atoms with Gasteiger partial charge in [0, 0.05) is 14.2 Å². The standard InChI is InChI=1S/C13H12BrClOS/c1-8-3-6-12(17-8)13(15)10-5-4-9(16-2)7-11(10)14/h3-7,13H,1-2H3. The zero-order chi connectivity index (χ0) is 12.4. The van der Waals surface area contributed by atoms with Crippen LogP contribution in [0.4, 0.5) is 0 Å². The molecule has 0 N–H and O–H groups in total. The van der Waals surface area contributed by atoms with Crippen LogP contribution in [-0.4, -0.2) is 7.11 Å². The van der Waals surface area contributed by atoms with Crippen molar-refractivity contribution >= 4 is 38.9 Å².